The van der Waals surface area contributed by atoms with Crippen molar-refractivity contribution in [3.05, 3.63) is 59.5 Å². The molecule has 0 saturated carbocycles. The molecule has 0 aliphatic carbocycles. The Hall–Kier alpha value is -2.05. The van der Waals surface area contributed by atoms with Crippen molar-refractivity contribution in [2.45, 2.75) is 25.9 Å². The number of furan rings is 1. The predicted molar refractivity (Wildman–Crippen MR) is 69.8 cm³/mol. The van der Waals surface area contributed by atoms with Gasteiger partial charge in [0.15, 0.2) is 0 Å². The fourth-order valence-electron chi connectivity index (χ4n) is 1.94. The summed E-state index contributed by atoms with van der Waals surface area (Å²) in [7, 11) is 0. The third-order valence-corrected chi connectivity index (χ3v) is 3.01. The molecular weight excluding hydrogens is 224 g/mol. The van der Waals surface area contributed by atoms with E-state index in [1.807, 2.05) is 36.4 Å². The molecule has 3 heteroatoms. The smallest absolute Gasteiger partial charge is 0.120 e. The molecule has 0 aliphatic rings. The zero-order valence-corrected chi connectivity index (χ0v) is 10.6. The third kappa shape index (κ3) is 2.79. The average Bonchev–Trinajstić information content (AvgIpc) is 2.92. The van der Waals surface area contributed by atoms with Gasteiger partial charge in [-0.3, -0.25) is 0 Å². The molecule has 0 bridgehead atoms. The van der Waals surface area contributed by atoms with Crippen LogP contribution >= 0.6 is 0 Å². The van der Waals surface area contributed by atoms with E-state index in [1.54, 1.807) is 6.26 Å². The van der Waals surface area contributed by atoms with Gasteiger partial charge in [0.05, 0.1) is 23.9 Å². The van der Waals surface area contributed by atoms with Crippen LogP contribution in [-0.4, -0.2) is 0 Å². The third-order valence-electron chi connectivity index (χ3n) is 3.01. The summed E-state index contributed by atoms with van der Waals surface area (Å²) in [5, 5.41) is 12.2. The lowest BCUT2D eigenvalue weighted by Gasteiger charge is -2.18. The number of benzene rings is 1. The summed E-state index contributed by atoms with van der Waals surface area (Å²) in [4.78, 5) is 0. The van der Waals surface area contributed by atoms with Crippen LogP contribution in [0, 0.1) is 11.3 Å². The Morgan fingerprint density at radius 3 is 2.39 bits per heavy atom. The van der Waals surface area contributed by atoms with Crippen LogP contribution in [0.25, 0.3) is 0 Å². The molecule has 0 spiro atoms. The van der Waals surface area contributed by atoms with Crippen molar-refractivity contribution in [3.63, 3.8) is 0 Å². The maximum absolute atomic E-state index is 8.76. The summed E-state index contributed by atoms with van der Waals surface area (Å²) < 4.78 is 5.36. The van der Waals surface area contributed by atoms with Crippen molar-refractivity contribution < 1.29 is 4.42 Å². The van der Waals surface area contributed by atoms with E-state index in [9.17, 15) is 0 Å². The standard InChI is InChI=1S/C15H16N2O/c1-11(14-7-5-13(10-16)6-8-14)17-12(2)15-4-3-9-18-15/h3-9,11-12,17H,1-2H3. The topological polar surface area (TPSA) is 49.0 Å². The fraction of sp³-hybridized carbons (Fsp3) is 0.267. The molecule has 1 N–H and O–H groups in total. The van der Waals surface area contributed by atoms with E-state index in [1.165, 1.54) is 0 Å². The van der Waals surface area contributed by atoms with Gasteiger partial charge < -0.3 is 9.73 Å². The summed E-state index contributed by atoms with van der Waals surface area (Å²) in [5.41, 5.74) is 1.84. The molecule has 0 saturated heterocycles. The van der Waals surface area contributed by atoms with Crippen molar-refractivity contribution in [1.29, 1.82) is 5.26 Å². The van der Waals surface area contributed by atoms with Gasteiger partial charge in [-0.05, 0) is 43.7 Å². The second kappa shape index (κ2) is 5.52. The first-order valence-corrected chi connectivity index (χ1v) is 6.00. The van der Waals surface area contributed by atoms with E-state index < -0.39 is 0 Å². The van der Waals surface area contributed by atoms with Crippen molar-refractivity contribution in [1.82, 2.24) is 5.32 Å². The molecule has 1 heterocycles. The van der Waals surface area contributed by atoms with Gasteiger partial charge in [0, 0.05) is 6.04 Å². The summed E-state index contributed by atoms with van der Waals surface area (Å²) >= 11 is 0. The quantitative estimate of drug-likeness (QED) is 0.888. The Labute approximate surface area is 107 Å². The van der Waals surface area contributed by atoms with Crippen LogP contribution < -0.4 is 5.32 Å². The Bertz CT molecular complexity index is 523. The highest BCUT2D eigenvalue weighted by Gasteiger charge is 2.12. The van der Waals surface area contributed by atoms with Gasteiger partial charge in [0.1, 0.15) is 5.76 Å². The molecule has 92 valence electrons. The minimum Gasteiger partial charge on any atom is -0.468 e. The highest BCUT2D eigenvalue weighted by atomic mass is 16.3. The predicted octanol–water partition coefficient (Wildman–Crippen LogP) is 3.56. The van der Waals surface area contributed by atoms with Crippen molar-refractivity contribution in [3.8, 4) is 6.07 Å². The summed E-state index contributed by atoms with van der Waals surface area (Å²) in [6.45, 7) is 4.17. The lowest BCUT2D eigenvalue weighted by Crippen LogP contribution is -2.22. The molecule has 1 aromatic carbocycles. The van der Waals surface area contributed by atoms with Crippen LogP contribution in [-0.2, 0) is 0 Å². The summed E-state index contributed by atoms with van der Waals surface area (Å²) in [6.07, 6.45) is 1.68. The van der Waals surface area contributed by atoms with Gasteiger partial charge in [-0.2, -0.15) is 5.26 Å². The van der Waals surface area contributed by atoms with Crippen molar-refractivity contribution in [2.24, 2.45) is 0 Å². The second-order valence-electron chi connectivity index (χ2n) is 4.36. The Balaban J connectivity index is 2.03. The van der Waals surface area contributed by atoms with Gasteiger partial charge in [-0.15, -0.1) is 0 Å². The van der Waals surface area contributed by atoms with Gasteiger partial charge in [-0.25, -0.2) is 0 Å². The minimum atomic E-state index is 0.158. The monoisotopic (exact) mass is 240 g/mol. The van der Waals surface area contributed by atoms with Crippen LogP contribution in [0.4, 0.5) is 0 Å². The van der Waals surface area contributed by atoms with Crippen LogP contribution in [0.15, 0.2) is 47.1 Å². The van der Waals surface area contributed by atoms with Crippen molar-refractivity contribution in [2.75, 3.05) is 0 Å². The van der Waals surface area contributed by atoms with Crippen LogP contribution in [0.2, 0.25) is 0 Å². The largest absolute Gasteiger partial charge is 0.468 e. The highest BCUT2D eigenvalue weighted by molar-refractivity contribution is 5.32. The Morgan fingerprint density at radius 2 is 1.83 bits per heavy atom. The maximum atomic E-state index is 8.76. The van der Waals surface area contributed by atoms with E-state index in [0.717, 1.165) is 11.3 Å². The molecule has 0 aliphatic heterocycles. The number of hydrogen-bond donors (Lipinski definition) is 1. The first-order chi connectivity index (χ1) is 8.70. The first kappa shape index (κ1) is 12.4. The van der Waals surface area contributed by atoms with Gasteiger partial charge in [-0.1, -0.05) is 12.1 Å². The zero-order chi connectivity index (χ0) is 13.0. The summed E-state index contributed by atoms with van der Waals surface area (Å²) in [5.74, 6) is 0.926. The van der Waals surface area contributed by atoms with E-state index in [2.05, 4.69) is 25.2 Å². The molecular formula is C15H16N2O. The van der Waals surface area contributed by atoms with E-state index in [0.29, 0.717) is 5.56 Å². The number of nitrogens with one attached hydrogen (secondary N) is 1. The molecule has 3 nitrogen and oxygen atoms in total. The number of nitrogens with zero attached hydrogens (tertiary/aromatic N) is 1. The van der Waals surface area contributed by atoms with Gasteiger partial charge in [0.25, 0.3) is 0 Å². The molecule has 2 atom stereocenters. The lowest BCUT2D eigenvalue weighted by atomic mass is 10.1. The maximum Gasteiger partial charge on any atom is 0.120 e. The number of hydrogen-bond acceptors (Lipinski definition) is 3. The van der Waals surface area contributed by atoms with E-state index in [4.69, 9.17) is 9.68 Å². The second-order valence-corrected chi connectivity index (χ2v) is 4.36. The minimum absolute atomic E-state index is 0.158. The molecule has 18 heavy (non-hydrogen) atoms. The van der Waals surface area contributed by atoms with Gasteiger partial charge >= 0.3 is 0 Å². The van der Waals surface area contributed by atoms with Crippen LogP contribution in [0.1, 0.15) is 42.8 Å². The molecule has 2 rings (SSSR count). The Morgan fingerprint density at radius 1 is 1.11 bits per heavy atom. The number of rotatable bonds is 4. The fourth-order valence-corrected chi connectivity index (χ4v) is 1.94. The molecule has 0 amide bonds. The summed E-state index contributed by atoms with van der Waals surface area (Å²) in [6, 6.07) is 14.0. The van der Waals surface area contributed by atoms with E-state index in [-0.39, 0.29) is 12.1 Å². The van der Waals surface area contributed by atoms with Crippen LogP contribution in [0.3, 0.4) is 0 Å². The molecule has 0 fully saturated rings. The van der Waals surface area contributed by atoms with Crippen molar-refractivity contribution >= 4 is 0 Å². The zero-order valence-electron chi connectivity index (χ0n) is 10.6. The van der Waals surface area contributed by atoms with Gasteiger partial charge in [0.2, 0.25) is 0 Å². The molecule has 2 aromatic rings. The SMILES string of the molecule is CC(NC(C)c1ccco1)c1ccc(C#N)cc1. The highest BCUT2D eigenvalue weighted by Crippen LogP contribution is 2.19. The molecule has 0 radical (unpaired) electrons. The van der Waals surface area contributed by atoms with Crippen LogP contribution in [0.5, 0.6) is 0 Å². The Kier molecular flexibility index (Phi) is 3.81. The lowest BCUT2D eigenvalue weighted by molar-refractivity contribution is 0.403. The first-order valence-electron chi connectivity index (χ1n) is 6.00. The molecule has 2 unspecified atom stereocenters. The van der Waals surface area contributed by atoms with E-state index >= 15 is 0 Å². The molecule has 1 aromatic heterocycles. The normalized spacial score (nSPS) is 13.8. The average molecular weight is 240 g/mol. The number of nitriles is 1.